The minimum absolute atomic E-state index is 0.282. The average molecular weight is 568 g/mol. The third-order valence-electron chi connectivity index (χ3n) is 5.66. The van der Waals surface area contributed by atoms with Crippen LogP contribution in [0.25, 0.3) is 22.3 Å². The van der Waals surface area contributed by atoms with E-state index in [1.807, 2.05) is 43.3 Å². The maximum atomic E-state index is 13.4. The Morgan fingerprint density at radius 3 is 2.45 bits per heavy atom. The Labute approximate surface area is 227 Å². The SMILES string of the molecule is CCOc1cc(C=Nn2c(-c3ccccc3)nc3ccccc3c2=O)ccc1OC(=O)c1ccc(Br)cc1. The normalized spacial score (nSPS) is 11.1. The fraction of sp³-hybridized carbons (Fsp3) is 0.0667. The Morgan fingerprint density at radius 2 is 1.68 bits per heavy atom. The monoisotopic (exact) mass is 567 g/mol. The molecule has 0 saturated carbocycles. The molecule has 7 nitrogen and oxygen atoms in total. The van der Waals surface area contributed by atoms with E-state index in [4.69, 9.17) is 14.5 Å². The molecular weight excluding hydrogens is 546 g/mol. The standard InChI is InChI=1S/C30H22BrN3O4/c1-2-37-27-18-20(12-17-26(27)38-30(36)22-13-15-23(31)16-14-22)19-32-34-28(21-8-4-3-5-9-21)33-25-11-7-6-10-24(25)29(34)35/h3-19H,2H2,1H3. The number of para-hydroxylation sites is 1. The molecule has 0 N–H and O–H groups in total. The quantitative estimate of drug-likeness (QED) is 0.130. The number of halogens is 1. The molecule has 8 heteroatoms. The predicted octanol–water partition coefficient (Wildman–Crippen LogP) is 6.33. The summed E-state index contributed by atoms with van der Waals surface area (Å²) in [5, 5.41) is 4.97. The molecule has 0 spiro atoms. The minimum atomic E-state index is -0.499. The van der Waals surface area contributed by atoms with Crippen LogP contribution in [0.4, 0.5) is 0 Å². The van der Waals surface area contributed by atoms with E-state index in [0.29, 0.717) is 40.2 Å². The van der Waals surface area contributed by atoms with Crippen LogP contribution in [-0.2, 0) is 0 Å². The fourth-order valence-corrected chi connectivity index (χ4v) is 4.10. The second-order valence-electron chi connectivity index (χ2n) is 8.22. The maximum Gasteiger partial charge on any atom is 0.343 e. The Balaban J connectivity index is 1.50. The van der Waals surface area contributed by atoms with Crippen LogP contribution < -0.4 is 15.0 Å². The van der Waals surface area contributed by atoms with Crippen molar-refractivity contribution in [3.63, 3.8) is 0 Å². The number of esters is 1. The summed E-state index contributed by atoms with van der Waals surface area (Å²) in [6, 6.07) is 28.6. The third kappa shape index (κ3) is 5.40. The smallest absolute Gasteiger partial charge is 0.343 e. The van der Waals surface area contributed by atoms with Crippen molar-refractivity contribution < 1.29 is 14.3 Å². The van der Waals surface area contributed by atoms with Gasteiger partial charge in [0.2, 0.25) is 0 Å². The maximum absolute atomic E-state index is 13.4. The second-order valence-corrected chi connectivity index (χ2v) is 9.13. The highest BCUT2D eigenvalue weighted by Crippen LogP contribution is 2.29. The van der Waals surface area contributed by atoms with Gasteiger partial charge in [-0.15, -0.1) is 0 Å². The molecule has 4 aromatic carbocycles. The average Bonchev–Trinajstić information content (AvgIpc) is 2.94. The summed E-state index contributed by atoms with van der Waals surface area (Å²) in [5.41, 5.74) is 2.14. The predicted molar refractivity (Wildman–Crippen MR) is 151 cm³/mol. The van der Waals surface area contributed by atoms with Crippen LogP contribution in [-0.4, -0.2) is 28.5 Å². The molecule has 0 radical (unpaired) electrons. The first kappa shape index (κ1) is 25.1. The van der Waals surface area contributed by atoms with Crippen molar-refractivity contribution in [3.8, 4) is 22.9 Å². The summed E-state index contributed by atoms with van der Waals surface area (Å²) in [6.07, 6.45) is 1.55. The van der Waals surface area contributed by atoms with Gasteiger partial charge in [0, 0.05) is 10.0 Å². The van der Waals surface area contributed by atoms with Crippen LogP contribution in [0.1, 0.15) is 22.8 Å². The number of hydrogen-bond donors (Lipinski definition) is 0. The highest BCUT2D eigenvalue weighted by Gasteiger charge is 2.15. The van der Waals surface area contributed by atoms with Gasteiger partial charge in [0.15, 0.2) is 17.3 Å². The van der Waals surface area contributed by atoms with E-state index in [-0.39, 0.29) is 11.3 Å². The van der Waals surface area contributed by atoms with E-state index in [9.17, 15) is 9.59 Å². The van der Waals surface area contributed by atoms with Gasteiger partial charge in [-0.3, -0.25) is 4.79 Å². The number of aromatic nitrogens is 2. The van der Waals surface area contributed by atoms with Crippen molar-refractivity contribution >= 4 is 39.0 Å². The summed E-state index contributed by atoms with van der Waals surface area (Å²) >= 11 is 3.36. The Kier molecular flexibility index (Phi) is 7.42. The van der Waals surface area contributed by atoms with Gasteiger partial charge in [-0.1, -0.05) is 58.4 Å². The molecule has 0 aliphatic heterocycles. The van der Waals surface area contributed by atoms with Gasteiger partial charge in [-0.25, -0.2) is 9.78 Å². The van der Waals surface area contributed by atoms with E-state index in [1.54, 1.807) is 66.9 Å². The number of carbonyl (C=O) groups is 1. The summed E-state index contributed by atoms with van der Waals surface area (Å²) in [7, 11) is 0. The third-order valence-corrected chi connectivity index (χ3v) is 6.19. The van der Waals surface area contributed by atoms with E-state index in [2.05, 4.69) is 21.0 Å². The summed E-state index contributed by atoms with van der Waals surface area (Å²) < 4.78 is 13.5. The number of rotatable bonds is 7. The zero-order valence-corrected chi connectivity index (χ0v) is 22.0. The highest BCUT2D eigenvalue weighted by molar-refractivity contribution is 9.10. The van der Waals surface area contributed by atoms with E-state index in [1.165, 1.54) is 4.68 Å². The molecule has 1 aromatic heterocycles. The molecule has 0 aliphatic rings. The number of benzene rings is 4. The van der Waals surface area contributed by atoms with Crippen molar-refractivity contribution in [1.82, 2.24) is 9.66 Å². The molecule has 0 unspecified atom stereocenters. The van der Waals surface area contributed by atoms with E-state index in [0.717, 1.165) is 10.0 Å². The summed E-state index contributed by atoms with van der Waals surface area (Å²) in [6.45, 7) is 2.21. The largest absolute Gasteiger partial charge is 0.490 e. The van der Waals surface area contributed by atoms with Gasteiger partial charge in [0.1, 0.15) is 0 Å². The lowest BCUT2D eigenvalue weighted by atomic mass is 10.2. The fourth-order valence-electron chi connectivity index (χ4n) is 3.83. The first-order valence-electron chi connectivity index (χ1n) is 11.9. The Bertz CT molecular complexity index is 1700. The van der Waals surface area contributed by atoms with E-state index < -0.39 is 5.97 Å². The molecule has 0 atom stereocenters. The van der Waals surface area contributed by atoms with Crippen molar-refractivity contribution in [2.45, 2.75) is 6.92 Å². The second kappa shape index (κ2) is 11.2. The van der Waals surface area contributed by atoms with Crippen molar-refractivity contribution in [2.75, 3.05) is 6.61 Å². The van der Waals surface area contributed by atoms with Crippen molar-refractivity contribution in [2.24, 2.45) is 5.10 Å². The minimum Gasteiger partial charge on any atom is -0.490 e. The first-order chi connectivity index (χ1) is 18.5. The first-order valence-corrected chi connectivity index (χ1v) is 12.7. The van der Waals surface area contributed by atoms with Crippen molar-refractivity contribution in [3.05, 3.63) is 123 Å². The summed E-state index contributed by atoms with van der Waals surface area (Å²) in [5.74, 6) is 0.595. The Morgan fingerprint density at radius 1 is 0.947 bits per heavy atom. The number of nitrogens with zero attached hydrogens (tertiary/aromatic N) is 3. The van der Waals surface area contributed by atoms with E-state index >= 15 is 0 Å². The summed E-state index contributed by atoms with van der Waals surface area (Å²) in [4.78, 5) is 30.7. The molecule has 0 fully saturated rings. The van der Waals surface area contributed by atoms with Gasteiger partial charge in [-0.05, 0) is 67.1 Å². The van der Waals surface area contributed by atoms with Gasteiger partial charge in [0.25, 0.3) is 5.56 Å². The van der Waals surface area contributed by atoms with Gasteiger partial charge in [-0.2, -0.15) is 9.78 Å². The molecule has 0 amide bonds. The van der Waals surface area contributed by atoms with Crippen LogP contribution in [0.2, 0.25) is 0 Å². The number of carbonyl (C=O) groups excluding carboxylic acids is 1. The molecule has 38 heavy (non-hydrogen) atoms. The molecule has 0 bridgehead atoms. The molecule has 188 valence electrons. The topological polar surface area (TPSA) is 82.8 Å². The Hall–Kier alpha value is -4.56. The zero-order chi connectivity index (χ0) is 26.5. The molecule has 0 saturated heterocycles. The number of fused-ring (bicyclic) bond motifs is 1. The lowest BCUT2D eigenvalue weighted by Crippen LogP contribution is -2.20. The lowest BCUT2D eigenvalue weighted by Gasteiger charge is -2.12. The number of hydrogen-bond acceptors (Lipinski definition) is 6. The lowest BCUT2D eigenvalue weighted by molar-refractivity contribution is 0.0728. The molecule has 0 aliphatic carbocycles. The zero-order valence-electron chi connectivity index (χ0n) is 20.4. The molecule has 1 heterocycles. The van der Waals surface area contributed by atoms with Crippen LogP contribution >= 0.6 is 15.9 Å². The van der Waals surface area contributed by atoms with Crippen LogP contribution in [0.15, 0.2) is 111 Å². The van der Waals surface area contributed by atoms with Gasteiger partial charge in [0.05, 0.1) is 29.3 Å². The highest BCUT2D eigenvalue weighted by atomic mass is 79.9. The van der Waals surface area contributed by atoms with Crippen LogP contribution in [0.5, 0.6) is 11.5 Å². The molecule has 5 rings (SSSR count). The van der Waals surface area contributed by atoms with Gasteiger partial charge >= 0.3 is 5.97 Å². The van der Waals surface area contributed by atoms with Crippen molar-refractivity contribution in [1.29, 1.82) is 0 Å². The van der Waals surface area contributed by atoms with Crippen LogP contribution in [0, 0.1) is 0 Å². The number of ether oxygens (including phenoxy) is 2. The van der Waals surface area contributed by atoms with Gasteiger partial charge < -0.3 is 9.47 Å². The molecular formula is C30H22BrN3O4. The van der Waals surface area contributed by atoms with Crippen LogP contribution in [0.3, 0.4) is 0 Å². The molecule has 5 aromatic rings.